The SMILES string of the molecule is Cc1ccc(C(=O)N(C)Cc2ncnn2C)cc1C. The van der Waals surface area contributed by atoms with Crippen LogP contribution in [0, 0.1) is 13.8 Å². The van der Waals surface area contributed by atoms with E-state index in [9.17, 15) is 4.79 Å². The van der Waals surface area contributed by atoms with E-state index in [1.165, 1.54) is 11.9 Å². The van der Waals surface area contributed by atoms with E-state index in [0.29, 0.717) is 12.1 Å². The quantitative estimate of drug-likeness (QED) is 0.842. The molecule has 0 bridgehead atoms. The summed E-state index contributed by atoms with van der Waals surface area (Å²) < 4.78 is 1.67. The number of hydrogen-bond donors (Lipinski definition) is 0. The fraction of sp³-hybridized carbons (Fsp3) is 0.357. The van der Waals surface area contributed by atoms with Gasteiger partial charge in [-0.25, -0.2) is 4.98 Å². The van der Waals surface area contributed by atoms with Crippen LogP contribution in [-0.2, 0) is 13.6 Å². The van der Waals surface area contributed by atoms with Crippen LogP contribution in [0.4, 0.5) is 0 Å². The molecule has 0 aliphatic heterocycles. The molecule has 0 N–H and O–H groups in total. The van der Waals surface area contributed by atoms with Crippen molar-refractivity contribution in [2.24, 2.45) is 7.05 Å². The highest BCUT2D eigenvalue weighted by Gasteiger charge is 2.14. The van der Waals surface area contributed by atoms with Gasteiger partial charge in [-0.2, -0.15) is 5.10 Å². The molecule has 0 radical (unpaired) electrons. The molecule has 0 saturated carbocycles. The molecule has 1 amide bonds. The summed E-state index contributed by atoms with van der Waals surface area (Å²) in [5, 5.41) is 4.00. The summed E-state index contributed by atoms with van der Waals surface area (Å²) in [4.78, 5) is 18.1. The largest absolute Gasteiger partial charge is 0.334 e. The molecule has 0 aliphatic carbocycles. The van der Waals surface area contributed by atoms with E-state index >= 15 is 0 Å². The second kappa shape index (κ2) is 5.22. The number of amides is 1. The Balaban J connectivity index is 2.15. The standard InChI is InChI=1S/C14H18N4O/c1-10-5-6-12(7-11(10)2)14(19)17(3)8-13-15-9-16-18(13)4/h5-7,9H,8H2,1-4H3. The Morgan fingerprint density at radius 2 is 2.05 bits per heavy atom. The van der Waals surface area contributed by atoms with Crippen LogP contribution in [0.2, 0.25) is 0 Å². The van der Waals surface area contributed by atoms with Crippen molar-refractivity contribution in [3.63, 3.8) is 0 Å². The monoisotopic (exact) mass is 258 g/mol. The molecule has 19 heavy (non-hydrogen) atoms. The van der Waals surface area contributed by atoms with Crippen LogP contribution in [-0.4, -0.2) is 32.6 Å². The summed E-state index contributed by atoms with van der Waals surface area (Å²) in [5.74, 6) is 0.755. The first-order valence-electron chi connectivity index (χ1n) is 6.14. The molecular formula is C14H18N4O. The summed E-state index contributed by atoms with van der Waals surface area (Å²) in [7, 11) is 3.59. The highest BCUT2D eigenvalue weighted by molar-refractivity contribution is 5.94. The second-order valence-corrected chi connectivity index (χ2v) is 4.76. The average Bonchev–Trinajstić information content (AvgIpc) is 2.77. The summed E-state index contributed by atoms with van der Waals surface area (Å²) in [6, 6.07) is 5.75. The first kappa shape index (κ1) is 13.3. The Bertz CT molecular complexity index is 603. The first-order chi connectivity index (χ1) is 8.99. The number of hydrogen-bond acceptors (Lipinski definition) is 3. The van der Waals surface area contributed by atoms with Gasteiger partial charge >= 0.3 is 0 Å². The van der Waals surface area contributed by atoms with Gasteiger partial charge in [0, 0.05) is 19.7 Å². The third-order valence-corrected chi connectivity index (χ3v) is 3.28. The van der Waals surface area contributed by atoms with E-state index in [0.717, 1.165) is 11.4 Å². The molecule has 100 valence electrons. The Morgan fingerprint density at radius 3 is 2.63 bits per heavy atom. The smallest absolute Gasteiger partial charge is 0.254 e. The minimum absolute atomic E-state index is 0.00824. The van der Waals surface area contributed by atoms with Crippen LogP contribution in [0.25, 0.3) is 0 Å². The molecule has 0 aliphatic rings. The number of aromatic nitrogens is 3. The molecule has 1 heterocycles. The number of nitrogens with zero attached hydrogens (tertiary/aromatic N) is 4. The maximum Gasteiger partial charge on any atom is 0.254 e. The molecule has 0 saturated heterocycles. The minimum atomic E-state index is -0.00824. The molecule has 0 unspecified atom stereocenters. The molecule has 0 fully saturated rings. The molecule has 2 rings (SSSR count). The van der Waals surface area contributed by atoms with Crippen molar-refractivity contribution in [3.05, 3.63) is 47.0 Å². The van der Waals surface area contributed by atoms with E-state index in [4.69, 9.17) is 0 Å². The van der Waals surface area contributed by atoms with Gasteiger partial charge in [0.25, 0.3) is 5.91 Å². The summed E-state index contributed by atoms with van der Waals surface area (Å²) in [5.41, 5.74) is 3.01. The van der Waals surface area contributed by atoms with E-state index in [1.54, 1.807) is 16.6 Å². The lowest BCUT2D eigenvalue weighted by molar-refractivity contribution is 0.0780. The molecule has 1 aromatic carbocycles. The molecule has 0 atom stereocenters. The normalized spacial score (nSPS) is 10.5. The summed E-state index contributed by atoms with van der Waals surface area (Å²) >= 11 is 0. The lowest BCUT2D eigenvalue weighted by atomic mass is 10.1. The Kier molecular flexibility index (Phi) is 3.64. The van der Waals surface area contributed by atoms with E-state index in [2.05, 4.69) is 10.1 Å². The molecular weight excluding hydrogens is 240 g/mol. The van der Waals surface area contributed by atoms with Crippen molar-refractivity contribution in [2.75, 3.05) is 7.05 Å². The molecule has 1 aromatic heterocycles. The van der Waals surface area contributed by atoms with Gasteiger partial charge in [0.15, 0.2) is 0 Å². The fourth-order valence-corrected chi connectivity index (χ4v) is 1.84. The molecule has 0 spiro atoms. The van der Waals surface area contributed by atoms with Crippen molar-refractivity contribution >= 4 is 5.91 Å². The highest BCUT2D eigenvalue weighted by Crippen LogP contribution is 2.12. The van der Waals surface area contributed by atoms with E-state index in [1.807, 2.05) is 39.1 Å². The molecule has 5 nitrogen and oxygen atoms in total. The van der Waals surface area contributed by atoms with Crippen molar-refractivity contribution in [1.82, 2.24) is 19.7 Å². The van der Waals surface area contributed by atoms with Gasteiger partial charge in [0.1, 0.15) is 12.2 Å². The maximum absolute atomic E-state index is 12.3. The number of carbonyl (C=O) groups excluding carboxylic acids is 1. The zero-order valence-electron chi connectivity index (χ0n) is 11.7. The van der Waals surface area contributed by atoms with Gasteiger partial charge in [-0.15, -0.1) is 0 Å². The van der Waals surface area contributed by atoms with Crippen LogP contribution in [0.15, 0.2) is 24.5 Å². The van der Waals surface area contributed by atoms with Gasteiger partial charge in [0.2, 0.25) is 0 Å². The van der Waals surface area contributed by atoms with Crippen molar-refractivity contribution in [1.29, 1.82) is 0 Å². The molecule has 5 heteroatoms. The van der Waals surface area contributed by atoms with E-state index < -0.39 is 0 Å². The summed E-state index contributed by atoms with van der Waals surface area (Å²) in [6.07, 6.45) is 1.49. The Hall–Kier alpha value is -2.17. The molecule has 2 aromatic rings. The van der Waals surface area contributed by atoms with Crippen LogP contribution < -0.4 is 0 Å². The highest BCUT2D eigenvalue weighted by atomic mass is 16.2. The third kappa shape index (κ3) is 2.81. The predicted octanol–water partition coefficient (Wildman–Crippen LogP) is 1.70. The Labute approximate surface area is 112 Å². The van der Waals surface area contributed by atoms with Gasteiger partial charge in [-0.05, 0) is 37.1 Å². The van der Waals surface area contributed by atoms with E-state index in [-0.39, 0.29) is 5.91 Å². The van der Waals surface area contributed by atoms with Crippen LogP contribution in [0.5, 0.6) is 0 Å². The van der Waals surface area contributed by atoms with Crippen LogP contribution in [0.1, 0.15) is 27.3 Å². The minimum Gasteiger partial charge on any atom is -0.334 e. The van der Waals surface area contributed by atoms with Crippen LogP contribution >= 0.6 is 0 Å². The first-order valence-corrected chi connectivity index (χ1v) is 6.14. The predicted molar refractivity (Wildman–Crippen MR) is 72.7 cm³/mol. The van der Waals surface area contributed by atoms with Crippen molar-refractivity contribution < 1.29 is 4.79 Å². The number of benzene rings is 1. The van der Waals surface area contributed by atoms with Gasteiger partial charge < -0.3 is 4.90 Å². The van der Waals surface area contributed by atoms with Gasteiger partial charge in [-0.3, -0.25) is 9.48 Å². The number of rotatable bonds is 3. The number of aryl methyl sites for hydroxylation is 3. The lowest BCUT2D eigenvalue weighted by Gasteiger charge is -2.17. The maximum atomic E-state index is 12.3. The topological polar surface area (TPSA) is 51.0 Å². The van der Waals surface area contributed by atoms with Crippen molar-refractivity contribution in [2.45, 2.75) is 20.4 Å². The third-order valence-electron chi connectivity index (χ3n) is 3.28. The summed E-state index contributed by atoms with van der Waals surface area (Å²) in [6.45, 7) is 4.49. The zero-order valence-corrected chi connectivity index (χ0v) is 11.7. The zero-order chi connectivity index (χ0) is 14.0. The van der Waals surface area contributed by atoms with Gasteiger partial charge in [-0.1, -0.05) is 6.07 Å². The van der Waals surface area contributed by atoms with Gasteiger partial charge in [0.05, 0.1) is 6.54 Å². The lowest BCUT2D eigenvalue weighted by Crippen LogP contribution is -2.27. The fourth-order valence-electron chi connectivity index (χ4n) is 1.84. The van der Waals surface area contributed by atoms with Crippen molar-refractivity contribution in [3.8, 4) is 0 Å². The number of carbonyl (C=O) groups is 1. The average molecular weight is 258 g/mol. The Morgan fingerprint density at radius 1 is 1.32 bits per heavy atom. The second-order valence-electron chi connectivity index (χ2n) is 4.76. The van der Waals surface area contributed by atoms with Crippen LogP contribution in [0.3, 0.4) is 0 Å².